The number of aryl methyl sites for hydroxylation is 1. The molecule has 0 bridgehead atoms. The molecule has 2 heterocycles. The molecule has 214 valence electrons. The van der Waals surface area contributed by atoms with E-state index in [1.54, 1.807) is 0 Å². The molecule has 0 atom stereocenters. The number of hydrogen-bond donors (Lipinski definition) is 0. The molecule has 0 saturated heterocycles. The molecule has 0 spiro atoms. The fourth-order valence-electron chi connectivity index (χ4n) is 6.00. The summed E-state index contributed by atoms with van der Waals surface area (Å²) in [5.41, 5.74) is 8.41. The molecule has 0 unspecified atom stereocenters. The molecule has 0 amide bonds. The van der Waals surface area contributed by atoms with Gasteiger partial charge in [0.25, 0.3) is 0 Å². The minimum atomic E-state index is 0.577. The summed E-state index contributed by atoms with van der Waals surface area (Å²) in [6.45, 7) is 2.12. The van der Waals surface area contributed by atoms with Crippen molar-refractivity contribution in [3.8, 4) is 28.7 Å². The van der Waals surface area contributed by atoms with Gasteiger partial charge in [0.15, 0.2) is 11.6 Å². The maximum atomic E-state index is 5.10. The van der Waals surface area contributed by atoms with E-state index in [9.17, 15) is 0 Å². The summed E-state index contributed by atoms with van der Waals surface area (Å²) in [4.78, 5) is 17.5. The van der Waals surface area contributed by atoms with Gasteiger partial charge in [0, 0.05) is 33.3 Å². The first-order chi connectivity index (χ1) is 22.2. The topological polar surface area (TPSA) is 46.8 Å². The molecular weight excluding hydrogens is 550 g/mol. The number of aromatic nitrogens is 4. The van der Waals surface area contributed by atoms with E-state index in [1.807, 2.05) is 60.7 Å². The van der Waals surface area contributed by atoms with Gasteiger partial charge in [-0.15, -0.1) is 0 Å². The number of benzene rings is 6. The molecule has 8 aromatic rings. The standard InChI is InChI=1S/C40H29N5/c1-28-24-26-32(27-25-28)44(31-18-9-4-10-19-31)35-22-13-23-36-37(35)33-20-11-12-21-34(33)45(36)40-42-38(29-14-5-2-6-15-29)41-39(43-40)30-16-7-3-8-17-30/h2-27H,1H3. The van der Waals surface area contributed by atoms with Crippen LogP contribution in [0.15, 0.2) is 158 Å². The number of rotatable bonds is 6. The number of para-hydroxylation sites is 2. The molecule has 8 rings (SSSR count). The Balaban J connectivity index is 1.43. The average Bonchev–Trinajstić information content (AvgIpc) is 3.45. The number of anilines is 3. The van der Waals surface area contributed by atoms with E-state index in [0.717, 1.165) is 50.0 Å². The summed E-state index contributed by atoms with van der Waals surface area (Å²) in [5, 5.41) is 2.25. The molecule has 0 aliphatic carbocycles. The van der Waals surface area contributed by atoms with E-state index in [0.29, 0.717) is 17.6 Å². The summed E-state index contributed by atoms with van der Waals surface area (Å²) < 4.78 is 2.17. The highest BCUT2D eigenvalue weighted by atomic mass is 15.2. The summed E-state index contributed by atoms with van der Waals surface area (Å²) in [5.74, 6) is 1.84. The summed E-state index contributed by atoms with van der Waals surface area (Å²) in [6.07, 6.45) is 0. The lowest BCUT2D eigenvalue weighted by atomic mass is 10.1. The smallest absolute Gasteiger partial charge is 0.238 e. The molecule has 0 radical (unpaired) electrons. The minimum Gasteiger partial charge on any atom is -0.310 e. The molecule has 0 aliphatic rings. The van der Waals surface area contributed by atoms with Crippen LogP contribution in [-0.2, 0) is 0 Å². The van der Waals surface area contributed by atoms with Crippen molar-refractivity contribution >= 4 is 38.9 Å². The normalized spacial score (nSPS) is 11.2. The van der Waals surface area contributed by atoms with E-state index in [-0.39, 0.29) is 0 Å². The lowest BCUT2D eigenvalue weighted by Gasteiger charge is -2.26. The number of nitrogens with zero attached hydrogens (tertiary/aromatic N) is 5. The van der Waals surface area contributed by atoms with Crippen LogP contribution in [-0.4, -0.2) is 19.5 Å². The molecule has 0 N–H and O–H groups in total. The van der Waals surface area contributed by atoms with E-state index in [1.165, 1.54) is 5.56 Å². The highest BCUT2D eigenvalue weighted by Crippen LogP contribution is 2.43. The predicted octanol–water partition coefficient (Wildman–Crippen LogP) is 10.1. The third kappa shape index (κ3) is 4.81. The largest absolute Gasteiger partial charge is 0.310 e. The monoisotopic (exact) mass is 579 g/mol. The molecule has 6 aromatic carbocycles. The number of fused-ring (bicyclic) bond motifs is 3. The van der Waals surface area contributed by atoms with Crippen LogP contribution < -0.4 is 4.90 Å². The highest BCUT2D eigenvalue weighted by molar-refractivity contribution is 6.16. The van der Waals surface area contributed by atoms with Crippen LogP contribution in [0.5, 0.6) is 0 Å². The summed E-state index contributed by atoms with van der Waals surface area (Å²) in [6, 6.07) is 54.4. The zero-order valence-corrected chi connectivity index (χ0v) is 24.7. The SMILES string of the molecule is Cc1ccc(N(c2ccccc2)c2cccc3c2c2ccccc2n3-c2nc(-c3ccccc3)nc(-c3ccccc3)n2)cc1. The van der Waals surface area contributed by atoms with Gasteiger partial charge in [-0.3, -0.25) is 4.57 Å². The van der Waals surface area contributed by atoms with Crippen molar-refractivity contribution in [1.29, 1.82) is 0 Å². The highest BCUT2D eigenvalue weighted by Gasteiger charge is 2.22. The zero-order chi connectivity index (χ0) is 30.2. The van der Waals surface area contributed by atoms with Crippen LogP contribution >= 0.6 is 0 Å². The third-order valence-corrected chi connectivity index (χ3v) is 8.11. The van der Waals surface area contributed by atoms with Gasteiger partial charge in [0.1, 0.15) is 0 Å². The maximum Gasteiger partial charge on any atom is 0.238 e. The molecule has 2 aromatic heterocycles. The van der Waals surface area contributed by atoms with Gasteiger partial charge in [0.2, 0.25) is 5.95 Å². The lowest BCUT2D eigenvalue weighted by Crippen LogP contribution is -2.10. The Morgan fingerprint density at radius 1 is 0.467 bits per heavy atom. The van der Waals surface area contributed by atoms with Crippen LogP contribution in [0.3, 0.4) is 0 Å². The Bertz CT molecular complexity index is 2200. The molecular formula is C40H29N5. The van der Waals surface area contributed by atoms with Gasteiger partial charge in [-0.1, -0.05) is 121 Å². The van der Waals surface area contributed by atoms with E-state index in [4.69, 9.17) is 15.0 Å². The van der Waals surface area contributed by atoms with Gasteiger partial charge in [-0.05, 0) is 49.4 Å². The van der Waals surface area contributed by atoms with E-state index in [2.05, 4.69) is 113 Å². The quantitative estimate of drug-likeness (QED) is 0.197. The van der Waals surface area contributed by atoms with Gasteiger partial charge in [0.05, 0.1) is 16.7 Å². The molecule has 5 nitrogen and oxygen atoms in total. The van der Waals surface area contributed by atoms with Gasteiger partial charge in [-0.2, -0.15) is 9.97 Å². The van der Waals surface area contributed by atoms with Gasteiger partial charge >= 0.3 is 0 Å². The van der Waals surface area contributed by atoms with Crippen LogP contribution in [0.2, 0.25) is 0 Å². The first kappa shape index (κ1) is 26.5. The average molecular weight is 580 g/mol. The predicted molar refractivity (Wildman–Crippen MR) is 184 cm³/mol. The van der Waals surface area contributed by atoms with Crippen molar-refractivity contribution in [2.45, 2.75) is 6.92 Å². The Hall–Kier alpha value is -6.07. The van der Waals surface area contributed by atoms with E-state index < -0.39 is 0 Å². The fourth-order valence-corrected chi connectivity index (χ4v) is 6.00. The van der Waals surface area contributed by atoms with Crippen molar-refractivity contribution in [3.05, 3.63) is 163 Å². The first-order valence-electron chi connectivity index (χ1n) is 15.1. The molecule has 45 heavy (non-hydrogen) atoms. The zero-order valence-electron chi connectivity index (χ0n) is 24.7. The maximum absolute atomic E-state index is 5.10. The van der Waals surface area contributed by atoms with Gasteiger partial charge in [-0.25, -0.2) is 4.98 Å². The molecule has 0 saturated carbocycles. The Kier molecular flexibility index (Phi) is 6.61. The van der Waals surface area contributed by atoms with Crippen molar-refractivity contribution in [2.24, 2.45) is 0 Å². The van der Waals surface area contributed by atoms with Crippen molar-refractivity contribution in [2.75, 3.05) is 4.90 Å². The van der Waals surface area contributed by atoms with Crippen LogP contribution in [0.25, 0.3) is 50.5 Å². The van der Waals surface area contributed by atoms with Crippen molar-refractivity contribution in [1.82, 2.24) is 19.5 Å². The number of hydrogen-bond acceptors (Lipinski definition) is 4. The first-order valence-corrected chi connectivity index (χ1v) is 15.1. The van der Waals surface area contributed by atoms with Crippen molar-refractivity contribution in [3.63, 3.8) is 0 Å². The van der Waals surface area contributed by atoms with E-state index >= 15 is 0 Å². The molecule has 5 heteroatoms. The van der Waals surface area contributed by atoms with Crippen LogP contribution in [0, 0.1) is 6.92 Å². The van der Waals surface area contributed by atoms with Gasteiger partial charge < -0.3 is 4.90 Å². The van der Waals surface area contributed by atoms with Crippen LogP contribution in [0.1, 0.15) is 5.56 Å². The second kappa shape index (κ2) is 11.2. The molecule has 0 aliphatic heterocycles. The van der Waals surface area contributed by atoms with Crippen molar-refractivity contribution < 1.29 is 0 Å². The Labute approximate surface area is 261 Å². The fraction of sp³-hybridized carbons (Fsp3) is 0.0250. The summed E-state index contributed by atoms with van der Waals surface area (Å²) >= 11 is 0. The van der Waals surface area contributed by atoms with Crippen LogP contribution in [0.4, 0.5) is 17.1 Å². The lowest BCUT2D eigenvalue weighted by molar-refractivity contribution is 0.953. The second-order valence-electron chi connectivity index (χ2n) is 11.0. The Morgan fingerprint density at radius 3 is 1.64 bits per heavy atom. The third-order valence-electron chi connectivity index (χ3n) is 8.11. The molecule has 0 fully saturated rings. The Morgan fingerprint density at radius 2 is 1.00 bits per heavy atom. The summed E-state index contributed by atoms with van der Waals surface area (Å²) in [7, 11) is 0. The minimum absolute atomic E-state index is 0.577. The second-order valence-corrected chi connectivity index (χ2v) is 11.0.